The number of nitrogens with zero attached hydrogens (tertiary/aromatic N) is 1. The summed E-state index contributed by atoms with van der Waals surface area (Å²) in [6.07, 6.45) is 2.27. The second-order valence-electron chi connectivity index (χ2n) is 13.6. The molecular formula is C52H39N. The molecule has 0 aliphatic heterocycles. The molecule has 0 aliphatic carbocycles. The monoisotopic (exact) mass is 677 g/mol. The van der Waals surface area contributed by atoms with Gasteiger partial charge in [0.15, 0.2) is 0 Å². The van der Waals surface area contributed by atoms with Crippen molar-refractivity contribution in [3.05, 3.63) is 281 Å². The summed E-state index contributed by atoms with van der Waals surface area (Å²) in [4.78, 5) is 0. The lowest BCUT2D eigenvalue weighted by atomic mass is 9.61. The van der Waals surface area contributed by atoms with Crippen molar-refractivity contribution in [1.29, 1.82) is 0 Å². The van der Waals surface area contributed by atoms with Gasteiger partial charge >= 0.3 is 0 Å². The van der Waals surface area contributed by atoms with E-state index < -0.39 is 10.8 Å². The number of benzene rings is 7. The Morgan fingerprint density at radius 2 is 0.585 bits per heavy atom. The molecule has 0 saturated carbocycles. The van der Waals surface area contributed by atoms with Crippen LogP contribution in [0.3, 0.4) is 0 Å². The molecule has 0 atom stereocenters. The van der Waals surface area contributed by atoms with Gasteiger partial charge in [-0.3, -0.25) is 0 Å². The minimum Gasteiger partial charge on any atom is -0.318 e. The van der Waals surface area contributed by atoms with Crippen molar-refractivity contribution < 1.29 is 0 Å². The molecule has 2 aromatic heterocycles. The summed E-state index contributed by atoms with van der Waals surface area (Å²) in [5.74, 6) is 0. The number of hydrogen-bond donors (Lipinski definition) is 0. The van der Waals surface area contributed by atoms with Gasteiger partial charge in [-0.25, -0.2) is 0 Å². The first-order chi connectivity index (χ1) is 26.3. The third kappa shape index (κ3) is 5.16. The Balaban J connectivity index is 1.60. The average molecular weight is 678 g/mol. The Morgan fingerprint density at radius 3 is 0.943 bits per heavy atom. The van der Waals surface area contributed by atoms with Crippen molar-refractivity contribution in [3.63, 3.8) is 0 Å². The van der Waals surface area contributed by atoms with E-state index in [1.807, 2.05) is 0 Å². The van der Waals surface area contributed by atoms with Crippen LogP contribution in [0.4, 0.5) is 0 Å². The summed E-state index contributed by atoms with van der Waals surface area (Å²) in [7, 11) is 0. The maximum atomic E-state index is 2.49. The van der Waals surface area contributed by atoms with Crippen LogP contribution in [0.1, 0.15) is 44.6 Å². The first-order valence-corrected chi connectivity index (χ1v) is 18.4. The Bertz CT molecular complexity index is 2200. The van der Waals surface area contributed by atoms with Gasteiger partial charge in [-0.2, -0.15) is 0 Å². The minimum absolute atomic E-state index is 0.699. The van der Waals surface area contributed by atoms with E-state index in [1.165, 1.54) is 55.8 Å². The number of pyridine rings is 1. The summed E-state index contributed by atoms with van der Waals surface area (Å²) >= 11 is 0. The molecule has 9 rings (SSSR count). The lowest BCUT2D eigenvalue weighted by Gasteiger charge is -2.39. The molecule has 1 heteroatoms. The predicted octanol–water partition coefficient (Wildman–Crippen LogP) is 12.4. The molecule has 53 heavy (non-hydrogen) atoms. The highest BCUT2D eigenvalue weighted by atomic mass is 14.9. The molecule has 0 amide bonds. The van der Waals surface area contributed by atoms with E-state index in [4.69, 9.17) is 0 Å². The quantitative estimate of drug-likeness (QED) is 0.134. The van der Waals surface area contributed by atoms with Crippen LogP contribution in [0.2, 0.25) is 0 Å². The van der Waals surface area contributed by atoms with Crippen LogP contribution in [0.5, 0.6) is 0 Å². The molecule has 2 heterocycles. The van der Waals surface area contributed by atoms with Crippen molar-refractivity contribution in [2.45, 2.75) is 10.8 Å². The van der Waals surface area contributed by atoms with Crippen LogP contribution < -0.4 is 0 Å². The zero-order chi connectivity index (χ0) is 35.5. The largest absolute Gasteiger partial charge is 0.318 e. The SMILES string of the molecule is c1ccc(-c2c(C(c3ccccc3)(c3ccccc3)c3ccccc3)c3ccccn3c2C(c2ccccc2)(c2ccccc2)c2ccccc2)cc1. The number of rotatable bonds is 9. The first-order valence-electron chi connectivity index (χ1n) is 18.4. The van der Waals surface area contributed by atoms with Crippen molar-refractivity contribution >= 4 is 5.52 Å². The summed E-state index contributed by atoms with van der Waals surface area (Å²) < 4.78 is 2.49. The van der Waals surface area contributed by atoms with Crippen LogP contribution in [-0.4, -0.2) is 4.40 Å². The van der Waals surface area contributed by atoms with Gasteiger partial charge in [-0.1, -0.05) is 218 Å². The van der Waals surface area contributed by atoms with E-state index >= 15 is 0 Å². The molecule has 0 radical (unpaired) electrons. The van der Waals surface area contributed by atoms with Crippen molar-refractivity contribution in [1.82, 2.24) is 4.40 Å². The Morgan fingerprint density at radius 1 is 0.283 bits per heavy atom. The summed E-state index contributed by atoms with van der Waals surface area (Å²) in [5.41, 5.74) is 11.8. The molecule has 0 saturated heterocycles. The molecule has 0 unspecified atom stereocenters. The zero-order valence-electron chi connectivity index (χ0n) is 29.5. The van der Waals surface area contributed by atoms with Crippen LogP contribution in [0.25, 0.3) is 16.6 Å². The van der Waals surface area contributed by atoms with Gasteiger partial charge in [-0.05, 0) is 51.1 Å². The molecule has 1 nitrogen and oxygen atoms in total. The fraction of sp³-hybridized carbons (Fsp3) is 0.0385. The van der Waals surface area contributed by atoms with E-state index in [0.29, 0.717) is 0 Å². The number of aromatic nitrogens is 1. The lowest BCUT2D eigenvalue weighted by Crippen LogP contribution is -2.34. The van der Waals surface area contributed by atoms with Crippen LogP contribution in [-0.2, 0) is 10.8 Å². The van der Waals surface area contributed by atoms with E-state index in [-0.39, 0.29) is 0 Å². The van der Waals surface area contributed by atoms with E-state index in [0.717, 1.165) is 5.52 Å². The Kier molecular flexibility index (Phi) is 8.38. The van der Waals surface area contributed by atoms with E-state index in [9.17, 15) is 0 Å². The zero-order valence-corrected chi connectivity index (χ0v) is 29.5. The molecule has 0 spiro atoms. The molecule has 7 aromatic carbocycles. The first kappa shape index (κ1) is 32.2. The molecule has 252 valence electrons. The van der Waals surface area contributed by atoms with Gasteiger partial charge in [0.1, 0.15) is 0 Å². The van der Waals surface area contributed by atoms with Gasteiger partial charge in [0.25, 0.3) is 0 Å². The standard InChI is InChI=1S/C52H39N/c1-8-24-40(25-9-1)48-49(51(41-26-10-2-11-27-41,42-28-12-3-13-29-42)43-30-14-4-15-31-43)47-38-22-23-39-53(47)50(48)52(44-32-16-5-17-33-44,45-34-18-6-19-35-45)46-36-20-7-21-37-46/h1-39H. The highest BCUT2D eigenvalue weighted by Gasteiger charge is 2.48. The molecule has 0 fully saturated rings. The van der Waals surface area contributed by atoms with Gasteiger partial charge in [-0.15, -0.1) is 0 Å². The predicted molar refractivity (Wildman–Crippen MR) is 219 cm³/mol. The second-order valence-corrected chi connectivity index (χ2v) is 13.6. The molecule has 0 N–H and O–H groups in total. The molecule has 0 aliphatic rings. The second kappa shape index (κ2) is 13.8. The summed E-state index contributed by atoms with van der Waals surface area (Å²) in [6, 6.07) is 84.3. The summed E-state index contributed by atoms with van der Waals surface area (Å²) in [6.45, 7) is 0. The van der Waals surface area contributed by atoms with E-state index in [2.05, 4.69) is 241 Å². The normalized spacial score (nSPS) is 11.8. The van der Waals surface area contributed by atoms with Crippen LogP contribution in [0, 0.1) is 0 Å². The van der Waals surface area contributed by atoms with Crippen LogP contribution in [0.15, 0.2) is 237 Å². The minimum atomic E-state index is -0.715. The summed E-state index contributed by atoms with van der Waals surface area (Å²) in [5, 5.41) is 0. The van der Waals surface area contributed by atoms with Crippen molar-refractivity contribution in [2.24, 2.45) is 0 Å². The number of hydrogen-bond acceptors (Lipinski definition) is 0. The molecular weight excluding hydrogens is 639 g/mol. The molecule has 0 bridgehead atoms. The van der Waals surface area contributed by atoms with Gasteiger partial charge in [0.05, 0.1) is 22.0 Å². The maximum absolute atomic E-state index is 2.49. The van der Waals surface area contributed by atoms with E-state index in [1.54, 1.807) is 0 Å². The lowest BCUT2D eigenvalue weighted by molar-refractivity contribution is 0.706. The number of fused-ring (bicyclic) bond motifs is 1. The maximum Gasteiger partial charge on any atom is 0.0863 e. The van der Waals surface area contributed by atoms with Crippen LogP contribution >= 0.6 is 0 Å². The van der Waals surface area contributed by atoms with Gasteiger partial charge in [0.2, 0.25) is 0 Å². The van der Waals surface area contributed by atoms with Gasteiger partial charge < -0.3 is 4.40 Å². The highest BCUT2D eigenvalue weighted by molar-refractivity contribution is 5.89. The highest BCUT2D eigenvalue weighted by Crippen LogP contribution is 2.56. The third-order valence-electron chi connectivity index (χ3n) is 10.9. The fourth-order valence-corrected chi connectivity index (χ4v) is 8.81. The smallest absolute Gasteiger partial charge is 0.0863 e. The molecule has 9 aromatic rings. The third-order valence-corrected chi connectivity index (χ3v) is 10.9. The van der Waals surface area contributed by atoms with Crippen molar-refractivity contribution in [2.75, 3.05) is 0 Å². The Hall–Kier alpha value is -6.70. The Labute approximate surface area is 312 Å². The van der Waals surface area contributed by atoms with Crippen molar-refractivity contribution in [3.8, 4) is 11.1 Å². The fourth-order valence-electron chi connectivity index (χ4n) is 8.81. The topological polar surface area (TPSA) is 4.41 Å². The average Bonchev–Trinajstić information content (AvgIpc) is 3.60. The van der Waals surface area contributed by atoms with Gasteiger partial charge in [0, 0.05) is 17.3 Å².